The standard InChI is InChI=1S/C69H92ClN9O12S/c1-46-47(2)92-67-60(46)62(49-26-28-50(70)29-27-49)73-55(63-76-75-48(3)78(63)67)45-58(81)72-51-30-32-52(33-31-51)89-44-43-88-42-38-77(68(86)90-39-21-19-17-15-13-11-9-7-8-10-12-14-16-18-20-25-59(82)91-69(4,5)6)37-41-87-40-36-71-54-24-22-23-53-61(54)66(85)79(65(53)84)56-34-35-57(80)74-64(56)83/h22-24,26-33,55-56,60,67,71H,7-21,25,34-45H2,1-6H3,(H,72,81)(H,74,80,83)/t55-,56?,60?,67?/m0/s1. The summed E-state index contributed by atoms with van der Waals surface area (Å²) in [6.45, 7) is 14.0. The number of hydrogen-bond donors (Lipinski definition) is 3. The number of aryl methyl sites for hydroxylation is 1. The van der Waals surface area contributed by atoms with Crippen LogP contribution in [0.25, 0.3) is 0 Å². The zero-order chi connectivity index (χ0) is 65.6. The molecule has 92 heavy (non-hydrogen) atoms. The predicted molar refractivity (Wildman–Crippen MR) is 355 cm³/mol. The largest absolute Gasteiger partial charge is 0.491 e. The number of fused-ring (bicyclic) bond motifs is 4. The highest BCUT2D eigenvalue weighted by atomic mass is 35.5. The molecule has 1 aromatic heterocycles. The monoisotopic (exact) mass is 1310 g/mol. The van der Waals surface area contributed by atoms with E-state index in [1.807, 2.05) is 52.0 Å². The van der Waals surface area contributed by atoms with Crippen LogP contribution < -0.4 is 20.7 Å². The Balaban J connectivity index is 0.742. The van der Waals surface area contributed by atoms with Gasteiger partial charge < -0.3 is 39.2 Å². The van der Waals surface area contributed by atoms with Gasteiger partial charge in [0.2, 0.25) is 17.7 Å². The third-order valence-corrected chi connectivity index (χ3v) is 18.4. The first-order valence-electron chi connectivity index (χ1n) is 32.9. The Labute approximate surface area is 550 Å². The average molecular weight is 1310 g/mol. The minimum atomic E-state index is -1.07. The van der Waals surface area contributed by atoms with E-state index in [-0.39, 0.29) is 106 Å². The fourth-order valence-corrected chi connectivity index (χ4v) is 13.5. The number of nitrogens with one attached hydrogen (secondary N) is 3. The number of carbonyl (C=O) groups is 7. The molecule has 21 nitrogen and oxygen atoms in total. The molecule has 0 bridgehead atoms. The summed E-state index contributed by atoms with van der Waals surface area (Å²) in [5.74, 6) is -0.685. The molecule has 4 atom stereocenters. The van der Waals surface area contributed by atoms with Crippen molar-refractivity contribution in [3.63, 3.8) is 0 Å². The number of piperidine rings is 1. The first-order chi connectivity index (χ1) is 44.4. The highest BCUT2D eigenvalue weighted by molar-refractivity contribution is 8.03. The molecule has 3 unspecified atom stereocenters. The summed E-state index contributed by atoms with van der Waals surface area (Å²) in [6.07, 6.45) is 17.2. The van der Waals surface area contributed by atoms with Crippen LogP contribution >= 0.6 is 23.4 Å². The van der Waals surface area contributed by atoms with Crippen LogP contribution in [-0.4, -0.2) is 143 Å². The number of halogens is 1. The van der Waals surface area contributed by atoms with E-state index in [4.69, 9.17) is 40.3 Å². The molecule has 0 aliphatic carbocycles. The van der Waals surface area contributed by atoms with E-state index < -0.39 is 47.4 Å². The maximum absolute atomic E-state index is 13.8. The normalized spacial score (nSPS) is 17.8. The van der Waals surface area contributed by atoms with Gasteiger partial charge in [-0.05, 0) is 120 Å². The van der Waals surface area contributed by atoms with E-state index >= 15 is 0 Å². The highest BCUT2D eigenvalue weighted by Crippen LogP contribution is 2.53. The summed E-state index contributed by atoms with van der Waals surface area (Å²) in [5, 5.41) is 18.0. The Kier molecular flexibility index (Phi) is 27.1. The summed E-state index contributed by atoms with van der Waals surface area (Å²) in [6, 6.07) is 18.0. The number of anilines is 2. The van der Waals surface area contributed by atoms with E-state index in [0.29, 0.717) is 41.0 Å². The summed E-state index contributed by atoms with van der Waals surface area (Å²) in [4.78, 5) is 99.4. The zero-order valence-electron chi connectivity index (χ0n) is 54.3. The van der Waals surface area contributed by atoms with Crippen LogP contribution in [0.2, 0.25) is 5.02 Å². The molecule has 23 heteroatoms. The number of unbranched alkanes of at least 4 members (excludes halogenated alkanes) is 14. The summed E-state index contributed by atoms with van der Waals surface area (Å²) in [5.41, 5.74) is 3.98. The molecule has 1 saturated heterocycles. The van der Waals surface area contributed by atoms with Gasteiger partial charge >= 0.3 is 12.1 Å². The maximum Gasteiger partial charge on any atom is 0.409 e. The maximum atomic E-state index is 13.8. The molecule has 5 heterocycles. The lowest BCUT2D eigenvalue weighted by atomic mass is 9.90. The topological polar surface area (TPSA) is 251 Å². The van der Waals surface area contributed by atoms with E-state index in [9.17, 15) is 33.6 Å². The number of amides is 6. The van der Waals surface area contributed by atoms with Crippen molar-refractivity contribution in [2.45, 2.75) is 187 Å². The number of aliphatic imine (C=N–C) groups is 1. The Bertz CT molecular complexity index is 3240. The van der Waals surface area contributed by atoms with Crippen molar-refractivity contribution < 1.29 is 57.2 Å². The van der Waals surface area contributed by atoms with E-state index in [1.165, 1.54) is 74.3 Å². The average Bonchev–Trinajstić information content (AvgIpc) is 1.61. The fraction of sp³-hybridized carbons (Fsp3) is 0.565. The number of ether oxygens (including phenoxy) is 5. The van der Waals surface area contributed by atoms with Crippen LogP contribution in [0.3, 0.4) is 0 Å². The van der Waals surface area contributed by atoms with Crippen LogP contribution in [0, 0.1) is 12.8 Å². The van der Waals surface area contributed by atoms with Crippen molar-refractivity contribution in [3.8, 4) is 5.75 Å². The van der Waals surface area contributed by atoms with Gasteiger partial charge in [-0.1, -0.05) is 119 Å². The molecule has 0 radical (unpaired) electrons. The number of rotatable bonds is 37. The van der Waals surface area contributed by atoms with Gasteiger partial charge in [-0.15, -0.1) is 22.0 Å². The molecular weight excluding hydrogens is 1210 g/mol. The Morgan fingerprint density at radius 3 is 2.03 bits per heavy atom. The zero-order valence-corrected chi connectivity index (χ0v) is 55.9. The number of carbonyl (C=O) groups excluding carboxylic acids is 7. The van der Waals surface area contributed by atoms with Crippen LogP contribution in [-0.2, 0) is 38.1 Å². The molecule has 4 aromatic rings. The van der Waals surface area contributed by atoms with E-state index in [1.54, 1.807) is 53.1 Å². The Morgan fingerprint density at radius 1 is 0.739 bits per heavy atom. The number of benzene rings is 3. The first kappa shape index (κ1) is 70.7. The highest BCUT2D eigenvalue weighted by Gasteiger charge is 2.46. The van der Waals surface area contributed by atoms with E-state index in [0.717, 1.165) is 60.5 Å². The molecule has 3 aromatic carbocycles. The van der Waals surface area contributed by atoms with Crippen molar-refractivity contribution in [1.29, 1.82) is 0 Å². The van der Waals surface area contributed by atoms with Crippen LogP contribution in [0.4, 0.5) is 16.2 Å². The number of thioether (sulfide) groups is 1. The van der Waals surface area contributed by atoms with Crippen molar-refractivity contribution in [3.05, 3.63) is 111 Å². The molecule has 0 saturated carbocycles. The van der Waals surface area contributed by atoms with Crippen molar-refractivity contribution in [2.75, 3.05) is 69.9 Å². The number of nitrogens with zero attached hydrogens (tertiary/aromatic N) is 6. The number of aromatic nitrogens is 3. The van der Waals surface area contributed by atoms with E-state index in [2.05, 4.69) is 44.6 Å². The second kappa shape index (κ2) is 35.2. The lowest BCUT2D eigenvalue weighted by molar-refractivity contribution is -0.155. The van der Waals surface area contributed by atoms with Crippen LogP contribution in [0.15, 0.2) is 82.2 Å². The predicted octanol–water partition coefficient (Wildman–Crippen LogP) is 12.9. The Morgan fingerprint density at radius 2 is 1.38 bits per heavy atom. The SMILES string of the molecule is CC1=C(C)C2C(c3ccc(Cl)cc3)=N[C@@H](CC(=O)Nc3ccc(OCCOCCN(CCOCCNc4cccc5c4C(=O)N(C4CCC(=O)NC4=O)C5=O)C(=O)OCCCCCCCCCCCCCCCCCC(=O)OC(C)(C)C)cc3)c3nnc(C)n3C2S1. The smallest absolute Gasteiger partial charge is 0.409 e. The molecule has 4 aliphatic rings. The lowest BCUT2D eigenvalue weighted by Gasteiger charge is -2.27. The van der Waals surface area contributed by atoms with Gasteiger partial charge in [0.15, 0.2) is 5.82 Å². The fourth-order valence-electron chi connectivity index (χ4n) is 11.9. The second-order valence-electron chi connectivity index (χ2n) is 24.9. The number of esters is 1. The molecule has 1 fully saturated rings. The third-order valence-electron chi connectivity index (χ3n) is 16.8. The summed E-state index contributed by atoms with van der Waals surface area (Å²) in [7, 11) is 0. The van der Waals surface area contributed by atoms with Gasteiger partial charge in [0.05, 0.1) is 67.6 Å². The summed E-state index contributed by atoms with van der Waals surface area (Å²) < 4.78 is 31.1. The van der Waals surface area contributed by atoms with Gasteiger partial charge in [0.1, 0.15) is 35.9 Å². The number of allylic oxidation sites excluding steroid dienone is 2. The lowest BCUT2D eigenvalue weighted by Crippen LogP contribution is -2.54. The second-order valence-corrected chi connectivity index (χ2v) is 26.7. The van der Waals surface area contributed by atoms with Crippen molar-refractivity contribution in [1.82, 2.24) is 29.9 Å². The quantitative estimate of drug-likeness (QED) is 0.0216. The van der Waals surface area contributed by atoms with Gasteiger partial charge in [0.25, 0.3) is 11.8 Å². The number of imide groups is 2. The van der Waals surface area contributed by atoms with Gasteiger partial charge in [-0.2, -0.15) is 0 Å². The molecule has 0 spiro atoms. The molecule has 4 aliphatic heterocycles. The first-order valence-corrected chi connectivity index (χ1v) is 34.1. The third kappa shape index (κ3) is 20.4. The summed E-state index contributed by atoms with van der Waals surface area (Å²) >= 11 is 8.07. The van der Waals surface area contributed by atoms with Crippen LogP contribution in [0.5, 0.6) is 5.75 Å². The van der Waals surface area contributed by atoms with Gasteiger partial charge in [0, 0.05) is 48.9 Å². The minimum absolute atomic E-state index is 0.0258. The van der Waals surface area contributed by atoms with Gasteiger partial charge in [-0.3, -0.25) is 48.5 Å². The molecule has 3 N–H and O–H groups in total. The molecule has 8 rings (SSSR count). The molecule has 6 amide bonds. The van der Waals surface area contributed by atoms with Gasteiger partial charge in [-0.25, -0.2) is 4.79 Å². The molecular formula is C69H92ClN9O12S. The Hall–Kier alpha value is -7.14. The molecule has 498 valence electrons. The minimum Gasteiger partial charge on any atom is -0.491 e. The number of hydrogen-bond acceptors (Lipinski definition) is 17. The van der Waals surface area contributed by atoms with Crippen molar-refractivity contribution in [2.24, 2.45) is 10.9 Å². The van der Waals surface area contributed by atoms with Crippen molar-refractivity contribution >= 4 is 82.0 Å². The van der Waals surface area contributed by atoms with Crippen LogP contribution in [0.1, 0.15) is 206 Å².